The quantitative estimate of drug-likeness (QED) is 0.0692. The molecule has 4 N–H and O–H groups in total. The van der Waals surface area contributed by atoms with Crippen LogP contribution in [-0.2, 0) is 50.1 Å². The molecule has 7 aliphatic heterocycles. The minimum Gasteiger partial charge on any atom is -0.496 e. The van der Waals surface area contributed by atoms with Crippen LogP contribution < -0.4 is 59.3 Å². The Bertz CT molecular complexity index is 5890. The third kappa shape index (κ3) is 28.9. The normalized spacial score (nSPS) is 17.0. The van der Waals surface area contributed by atoms with Gasteiger partial charge in [0.1, 0.15) is 52.7 Å². The van der Waals surface area contributed by atoms with E-state index in [9.17, 15) is 4.39 Å². The van der Waals surface area contributed by atoms with Gasteiger partial charge in [-0.05, 0) is 230 Å². The number of rotatable bonds is 11. The van der Waals surface area contributed by atoms with E-state index in [1.54, 1.807) is 44.0 Å². The summed E-state index contributed by atoms with van der Waals surface area (Å²) in [6, 6.07) is 60.1. The van der Waals surface area contributed by atoms with E-state index in [1.165, 1.54) is 56.6 Å². The smallest absolute Gasteiger partial charge is 0.227 e. The van der Waals surface area contributed by atoms with Gasteiger partial charge in [-0.1, -0.05) is 78.9 Å². The highest BCUT2D eigenvalue weighted by atomic mass is 19.1. The Hall–Kier alpha value is -13.7. The minimum atomic E-state index is -0.376. The SMILES string of the molecule is C1=C/COCc2cc(ccc2OCCCN2CCCC2)Nc2nccc(n2)-c2cccc(c2)OCC/1.C1=C\CCOc2cccc(c2)-c2ccnc(n2)Nc2cccc(c2)OCC/1.COc1ccc2cc1COC/C=C/COCc1cc(ccc1N1CCOCC1)Nc1nccc-2n1.Fc1cc2cc(c1)-c1ccnc(n1)Nc1ccc(OCCN3CCCC3)c(c1)COC/C=C/CCO2. The number of anilines is 9. The molecule has 11 heterocycles. The first-order chi connectivity index (χ1) is 66.2. The second kappa shape index (κ2) is 50.2. The molecule has 12 aromatic rings. The number of benzene rings is 8. The summed E-state index contributed by atoms with van der Waals surface area (Å²) in [5, 5.41) is 13.2. The molecule has 0 amide bonds. The maximum Gasteiger partial charge on any atom is 0.227 e. The van der Waals surface area contributed by atoms with E-state index in [-0.39, 0.29) is 5.82 Å². The highest BCUT2D eigenvalue weighted by molar-refractivity contribution is 5.70. The molecule has 24 bridgehead atoms. The lowest BCUT2D eigenvalue weighted by Crippen LogP contribution is -2.36. The van der Waals surface area contributed by atoms with E-state index in [0.717, 1.165) is 191 Å². The maximum absolute atomic E-state index is 14.3. The monoisotopic (exact) mass is 1810 g/mol. The van der Waals surface area contributed by atoms with E-state index in [2.05, 4.69) is 114 Å². The first-order valence-corrected chi connectivity index (χ1v) is 46.3. The molecule has 0 aliphatic carbocycles. The predicted molar refractivity (Wildman–Crippen MR) is 521 cm³/mol. The summed E-state index contributed by atoms with van der Waals surface area (Å²) in [6.45, 7) is 17.4. The number of nitrogens with zero attached hydrogens (tertiary/aromatic N) is 11. The number of likely N-dealkylation sites (tertiary alicyclic amines) is 2. The molecular formula is C106H116FN15O12. The van der Waals surface area contributed by atoms with Crippen molar-refractivity contribution in [1.29, 1.82) is 0 Å². The molecule has 0 spiro atoms. The van der Waals surface area contributed by atoms with Gasteiger partial charge in [0.15, 0.2) is 0 Å². The zero-order chi connectivity index (χ0) is 91.2. The van der Waals surface area contributed by atoms with E-state index in [1.807, 2.05) is 164 Å². The molecule has 3 fully saturated rings. The van der Waals surface area contributed by atoms with Gasteiger partial charge in [-0.2, -0.15) is 0 Å². The summed E-state index contributed by atoms with van der Waals surface area (Å²) in [4.78, 5) is 43.5. The van der Waals surface area contributed by atoms with Gasteiger partial charge in [0.2, 0.25) is 23.8 Å². The number of aromatic nitrogens is 8. The van der Waals surface area contributed by atoms with Crippen LogP contribution in [0.25, 0.3) is 45.0 Å². The van der Waals surface area contributed by atoms with Gasteiger partial charge in [-0.3, -0.25) is 4.90 Å². The Labute approximate surface area is 782 Å². The number of nitrogens with one attached hydrogen (secondary N) is 4. The molecule has 7 aliphatic rings. The lowest BCUT2D eigenvalue weighted by molar-refractivity contribution is 0.121. The van der Waals surface area contributed by atoms with Crippen molar-refractivity contribution in [1.82, 2.24) is 49.7 Å². The lowest BCUT2D eigenvalue weighted by Gasteiger charge is -2.31. The average Bonchev–Trinajstić information content (AvgIpc) is 0.943. The van der Waals surface area contributed by atoms with Crippen molar-refractivity contribution in [3.05, 3.63) is 290 Å². The van der Waals surface area contributed by atoms with Gasteiger partial charge in [-0.25, -0.2) is 44.3 Å². The van der Waals surface area contributed by atoms with Crippen LogP contribution in [0.4, 0.5) is 56.6 Å². The molecule has 27 nitrogen and oxygen atoms in total. The van der Waals surface area contributed by atoms with E-state index in [4.69, 9.17) is 66.8 Å². The third-order valence-electron chi connectivity index (χ3n) is 22.7. The van der Waals surface area contributed by atoms with E-state index < -0.39 is 0 Å². The molecule has 8 aromatic carbocycles. The highest BCUT2D eigenvalue weighted by Gasteiger charge is 2.21. The minimum absolute atomic E-state index is 0.376. The first kappa shape index (κ1) is 93.5. The summed E-state index contributed by atoms with van der Waals surface area (Å²) in [6.07, 6.45) is 32.7. The Kier molecular flexibility index (Phi) is 35.1. The number of fused-ring (bicyclic) bond motifs is 28. The number of morpholine rings is 1. The maximum atomic E-state index is 14.3. The summed E-state index contributed by atoms with van der Waals surface area (Å²) < 4.78 is 84.7. The lowest BCUT2D eigenvalue weighted by atomic mass is 10.1. The van der Waals surface area contributed by atoms with E-state index in [0.29, 0.717) is 140 Å². The largest absolute Gasteiger partial charge is 0.496 e. The van der Waals surface area contributed by atoms with Crippen molar-refractivity contribution < 1.29 is 61.2 Å². The van der Waals surface area contributed by atoms with Gasteiger partial charge in [0, 0.05) is 136 Å². The van der Waals surface area contributed by atoms with Gasteiger partial charge in [-0.15, -0.1) is 0 Å². The summed E-state index contributed by atoms with van der Waals surface area (Å²) in [5.74, 6) is 7.07. The summed E-state index contributed by atoms with van der Waals surface area (Å²) in [7, 11) is 1.67. The Morgan fingerprint density at radius 2 is 0.739 bits per heavy atom. The molecule has 3 saturated heterocycles. The molecule has 28 heteroatoms. The van der Waals surface area contributed by atoms with Crippen LogP contribution in [0.3, 0.4) is 0 Å². The van der Waals surface area contributed by atoms with Crippen LogP contribution in [0.15, 0.2) is 261 Å². The fourth-order valence-electron chi connectivity index (χ4n) is 16.0. The number of ether oxygens (including phenoxy) is 12. The standard InChI is InChI=1S/C29H34N4O3.C28H31FN4O3.C27H30N4O4.C22H21N3O2/c1-4-17-34-22-24-20-25(10-11-28(24)36-19-7-16-33-14-2-3-15-33)31-29-30-13-12-27(32-29)23-8-6-9-26(21-23)35-18-5-1;29-23-16-21-18-25(19-23)35-14-5-1-4-13-34-20-22-17-24(31-28-30-9-8-26(21)32-28)6-7-27(22)36-15-12-33-10-2-3-11-33;1-32-26-7-4-20-16-22(26)19-35-13-3-2-12-34-18-21-17-23(29-27-28-9-8-24(20)30-27)5-6-25(21)31-10-14-33-15-11-31;1-2-4-14-27-20-10-6-8-18(16-20)24-22-23-12-11-21(25-22)17-7-5-9-19(15-17)26-13-3-1/h1,4,6,8-13,20-21H,2-3,5,7,14-19,22H2,(H,30,31,32);1,4,6-9,16-19H,2-3,5,10-15,20H2,(H,30,31,32);2-9,16-17H,10-15,18-19H2,1H3,(H,28,29,30);1-2,5-12,15-16H,3-4,13-14H2,(H,23,24,25)/b2*4-1+;3-2+;2-1-. The van der Waals surface area contributed by atoms with Crippen molar-refractivity contribution in [3.63, 3.8) is 0 Å². The second-order valence-electron chi connectivity index (χ2n) is 32.6. The second-order valence-corrected chi connectivity index (χ2v) is 32.6. The Morgan fingerprint density at radius 3 is 1.25 bits per heavy atom. The first-order valence-electron chi connectivity index (χ1n) is 46.3. The molecule has 134 heavy (non-hydrogen) atoms. The van der Waals surface area contributed by atoms with Gasteiger partial charge >= 0.3 is 0 Å². The zero-order valence-electron chi connectivity index (χ0n) is 75.9. The summed E-state index contributed by atoms with van der Waals surface area (Å²) in [5.41, 5.74) is 15.4. The van der Waals surface area contributed by atoms with E-state index >= 15 is 0 Å². The molecule has 0 unspecified atom stereocenters. The number of methoxy groups -OCH3 is 1. The molecule has 0 saturated carbocycles. The van der Waals surface area contributed by atoms with Gasteiger partial charge < -0.3 is 87.9 Å². The Balaban J connectivity index is 0.000000131. The van der Waals surface area contributed by atoms with Crippen LogP contribution >= 0.6 is 0 Å². The predicted octanol–water partition coefficient (Wildman–Crippen LogP) is 20.3. The van der Waals surface area contributed by atoms with Crippen molar-refractivity contribution in [2.45, 2.75) is 84.2 Å². The van der Waals surface area contributed by atoms with Gasteiger partial charge in [0.05, 0.1) is 129 Å². The zero-order valence-corrected chi connectivity index (χ0v) is 75.9. The number of hydrogen-bond donors (Lipinski definition) is 4. The molecule has 0 atom stereocenters. The van der Waals surface area contributed by atoms with Crippen LogP contribution in [0, 0.1) is 5.82 Å². The van der Waals surface area contributed by atoms with Crippen LogP contribution in [0.5, 0.6) is 40.2 Å². The van der Waals surface area contributed by atoms with Crippen molar-refractivity contribution >= 4 is 52.2 Å². The topological polar surface area (TPSA) is 272 Å². The van der Waals surface area contributed by atoms with Crippen molar-refractivity contribution in [2.24, 2.45) is 0 Å². The fourth-order valence-corrected chi connectivity index (χ4v) is 16.0. The van der Waals surface area contributed by atoms with Gasteiger partial charge in [0.25, 0.3) is 0 Å². The summed E-state index contributed by atoms with van der Waals surface area (Å²) >= 11 is 0. The fraction of sp³-hybridized carbons (Fsp3) is 0.321. The highest BCUT2D eigenvalue weighted by Crippen LogP contribution is 2.36. The average molecular weight is 1810 g/mol. The van der Waals surface area contributed by atoms with Crippen LogP contribution in [0.2, 0.25) is 0 Å². The van der Waals surface area contributed by atoms with Crippen LogP contribution in [0.1, 0.15) is 80.0 Å². The third-order valence-corrected chi connectivity index (χ3v) is 22.7. The van der Waals surface area contributed by atoms with Crippen molar-refractivity contribution in [3.8, 4) is 85.3 Å². The molecule has 19 rings (SSSR count). The molecule has 4 aromatic heterocycles. The van der Waals surface area contributed by atoms with Crippen LogP contribution in [-0.4, -0.2) is 188 Å². The Morgan fingerprint density at radius 1 is 0.336 bits per heavy atom. The molecular weight excluding hydrogens is 1690 g/mol. The number of hydrogen-bond acceptors (Lipinski definition) is 27. The molecule has 0 radical (unpaired) electrons. The molecule has 694 valence electrons. The van der Waals surface area contributed by atoms with Crippen molar-refractivity contribution in [2.75, 3.05) is 165 Å². The number of halogens is 1.